The van der Waals surface area contributed by atoms with E-state index < -0.39 is 0 Å². The van der Waals surface area contributed by atoms with Crippen molar-refractivity contribution in [3.05, 3.63) is 24.3 Å². The van der Waals surface area contributed by atoms with Crippen molar-refractivity contribution < 1.29 is 19.4 Å². The molecule has 1 aromatic rings. The normalized spacial score (nSPS) is 16.4. The summed E-state index contributed by atoms with van der Waals surface area (Å²) in [7, 11) is 0. The van der Waals surface area contributed by atoms with Crippen molar-refractivity contribution in [1.29, 1.82) is 0 Å². The van der Waals surface area contributed by atoms with Gasteiger partial charge in [-0.2, -0.15) is 0 Å². The summed E-state index contributed by atoms with van der Waals surface area (Å²) in [4.78, 5) is 14.0. The van der Waals surface area contributed by atoms with Gasteiger partial charge in [-0.15, -0.1) is 0 Å². The Bertz CT molecular complexity index is 495. The molecule has 0 spiro atoms. The zero-order valence-electron chi connectivity index (χ0n) is 13.7. The number of benzene rings is 1. The van der Waals surface area contributed by atoms with Crippen LogP contribution in [-0.2, 0) is 4.79 Å². The van der Waals surface area contributed by atoms with E-state index in [-0.39, 0.29) is 18.6 Å². The summed E-state index contributed by atoms with van der Waals surface area (Å²) >= 11 is 0. The van der Waals surface area contributed by atoms with Crippen LogP contribution in [0.3, 0.4) is 0 Å². The Morgan fingerprint density at radius 2 is 2.13 bits per heavy atom. The first kappa shape index (κ1) is 17.6. The number of para-hydroxylation sites is 2. The van der Waals surface area contributed by atoms with E-state index in [9.17, 15) is 4.79 Å². The zero-order valence-corrected chi connectivity index (χ0v) is 13.7. The standard InChI is InChI=1S/C17H26N2O4/c1-2-3-8-19(9-10-20)12-17(21)18-11-14-13-22-15-6-4-5-7-16(15)23-14/h4-7,14,20H,2-3,8-13H2,1H3,(H,18,21). The molecule has 6 nitrogen and oxygen atoms in total. The summed E-state index contributed by atoms with van der Waals surface area (Å²) in [6, 6.07) is 7.52. The molecule has 0 saturated heterocycles. The van der Waals surface area contributed by atoms with Gasteiger partial charge in [-0.05, 0) is 25.1 Å². The van der Waals surface area contributed by atoms with E-state index in [1.807, 2.05) is 29.2 Å². The van der Waals surface area contributed by atoms with E-state index in [4.69, 9.17) is 14.6 Å². The Labute approximate surface area is 137 Å². The highest BCUT2D eigenvalue weighted by Crippen LogP contribution is 2.30. The van der Waals surface area contributed by atoms with Gasteiger partial charge in [0.2, 0.25) is 5.91 Å². The van der Waals surface area contributed by atoms with Crippen molar-refractivity contribution in [1.82, 2.24) is 10.2 Å². The zero-order chi connectivity index (χ0) is 16.5. The minimum Gasteiger partial charge on any atom is -0.486 e. The fourth-order valence-electron chi connectivity index (χ4n) is 2.44. The van der Waals surface area contributed by atoms with E-state index in [2.05, 4.69) is 12.2 Å². The molecule has 1 atom stereocenters. The average molecular weight is 322 g/mol. The number of fused-ring (bicyclic) bond motifs is 1. The van der Waals surface area contributed by atoms with Crippen LogP contribution in [0, 0.1) is 0 Å². The average Bonchev–Trinajstić information content (AvgIpc) is 2.58. The van der Waals surface area contributed by atoms with Crippen LogP contribution >= 0.6 is 0 Å². The SMILES string of the molecule is CCCCN(CCO)CC(=O)NCC1COc2ccccc2O1. The maximum atomic E-state index is 12.0. The van der Waals surface area contributed by atoms with Crippen LogP contribution in [0.1, 0.15) is 19.8 Å². The molecule has 1 aromatic carbocycles. The van der Waals surface area contributed by atoms with E-state index in [1.54, 1.807) is 0 Å². The highest BCUT2D eigenvalue weighted by Gasteiger charge is 2.21. The van der Waals surface area contributed by atoms with Gasteiger partial charge in [0.1, 0.15) is 12.7 Å². The van der Waals surface area contributed by atoms with Gasteiger partial charge in [0.25, 0.3) is 0 Å². The summed E-state index contributed by atoms with van der Waals surface area (Å²) in [5.74, 6) is 1.39. The molecule has 2 rings (SSSR count). The predicted molar refractivity (Wildman–Crippen MR) is 87.8 cm³/mol. The number of unbranched alkanes of at least 4 members (excludes halogenated alkanes) is 1. The lowest BCUT2D eigenvalue weighted by atomic mass is 10.2. The largest absolute Gasteiger partial charge is 0.486 e. The number of hydrogen-bond acceptors (Lipinski definition) is 5. The number of ether oxygens (including phenoxy) is 2. The van der Waals surface area contributed by atoms with Gasteiger partial charge < -0.3 is 19.9 Å². The number of nitrogens with zero attached hydrogens (tertiary/aromatic N) is 1. The van der Waals surface area contributed by atoms with Crippen LogP contribution in [0.4, 0.5) is 0 Å². The fourth-order valence-corrected chi connectivity index (χ4v) is 2.44. The number of rotatable bonds is 9. The van der Waals surface area contributed by atoms with Gasteiger partial charge in [-0.25, -0.2) is 0 Å². The van der Waals surface area contributed by atoms with E-state index >= 15 is 0 Å². The molecular weight excluding hydrogens is 296 g/mol. The monoisotopic (exact) mass is 322 g/mol. The lowest BCUT2D eigenvalue weighted by Crippen LogP contribution is -2.44. The van der Waals surface area contributed by atoms with Crippen molar-refractivity contribution in [3.8, 4) is 11.5 Å². The molecule has 23 heavy (non-hydrogen) atoms. The number of amides is 1. The van der Waals surface area contributed by atoms with Crippen LogP contribution in [0.5, 0.6) is 11.5 Å². The maximum absolute atomic E-state index is 12.0. The molecule has 1 aliphatic rings. The van der Waals surface area contributed by atoms with Gasteiger partial charge in [-0.1, -0.05) is 25.5 Å². The topological polar surface area (TPSA) is 71.0 Å². The summed E-state index contributed by atoms with van der Waals surface area (Å²) in [5.41, 5.74) is 0. The molecule has 1 unspecified atom stereocenters. The third-order valence-electron chi connectivity index (χ3n) is 3.71. The number of nitrogens with one attached hydrogen (secondary N) is 1. The number of hydrogen-bond donors (Lipinski definition) is 2. The summed E-state index contributed by atoms with van der Waals surface area (Å²) < 4.78 is 11.4. The summed E-state index contributed by atoms with van der Waals surface area (Å²) in [6.45, 7) is 4.64. The molecule has 1 amide bonds. The third-order valence-corrected chi connectivity index (χ3v) is 3.71. The molecule has 6 heteroatoms. The minimum atomic E-state index is -0.184. The van der Waals surface area contributed by atoms with Crippen molar-refractivity contribution in [2.24, 2.45) is 0 Å². The number of carbonyl (C=O) groups is 1. The van der Waals surface area contributed by atoms with Crippen LogP contribution < -0.4 is 14.8 Å². The van der Waals surface area contributed by atoms with Crippen LogP contribution in [0.25, 0.3) is 0 Å². The van der Waals surface area contributed by atoms with Crippen LogP contribution in [-0.4, -0.2) is 61.4 Å². The Balaban J connectivity index is 1.74. The first-order chi connectivity index (χ1) is 11.2. The molecule has 1 heterocycles. The van der Waals surface area contributed by atoms with Gasteiger partial charge in [-0.3, -0.25) is 9.69 Å². The Morgan fingerprint density at radius 1 is 1.35 bits per heavy atom. The summed E-state index contributed by atoms with van der Waals surface area (Å²) in [5, 5.41) is 11.9. The van der Waals surface area contributed by atoms with E-state index in [0.717, 1.165) is 25.1 Å². The van der Waals surface area contributed by atoms with Gasteiger partial charge in [0.15, 0.2) is 11.5 Å². The van der Waals surface area contributed by atoms with Gasteiger partial charge in [0, 0.05) is 6.54 Å². The van der Waals surface area contributed by atoms with Crippen LogP contribution in [0.15, 0.2) is 24.3 Å². The lowest BCUT2D eigenvalue weighted by molar-refractivity contribution is -0.122. The van der Waals surface area contributed by atoms with E-state index in [1.165, 1.54) is 0 Å². The van der Waals surface area contributed by atoms with E-state index in [0.29, 0.717) is 32.0 Å². The second kappa shape index (κ2) is 9.37. The molecule has 0 fully saturated rings. The molecule has 0 aliphatic carbocycles. The third kappa shape index (κ3) is 5.73. The Hall–Kier alpha value is -1.79. The Morgan fingerprint density at radius 3 is 2.87 bits per heavy atom. The molecule has 0 bridgehead atoms. The van der Waals surface area contributed by atoms with Crippen LogP contribution in [0.2, 0.25) is 0 Å². The molecule has 0 radical (unpaired) electrons. The van der Waals surface area contributed by atoms with Crippen molar-refractivity contribution >= 4 is 5.91 Å². The smallest absolute Gasteiger partial charge is 0.234 e. The number of carbonyl (C=O) groups excluding carboxylic acids is 1. The molecule has 1 aliphatic heterocycles. The molecule has 128 valence electrons. The molecule has 0 saturated carbocycles. The van der Waals surface area contributed by atoms with Gasteiger partial charge in [0.05, 0.1) is 19.7 Å². The lowest BCUT2D eigenvalue weighted by Gasteiger charge is -2.27. The fraction of sp³-hybridized carbons (Fsp3) is 0.588. The van der Waals surface area contributed by atoms with Crippen molar-refractivity contribution in [2.75, 3.05) is 39.4 Å². The predicted octanol–water partition coefficient (Wildman–Crippen LogP) is 1.04. The van der Waals surface area contributed by atoms with Gasteiger partial charge >= 0.3 is 0 Å². The minimum absolute atomic E-state index is 0.0583. The van der Waals surface area contributed by atoms with Crippen molar-refractivity contribution in [2.45, 2.75) is 25.9 Å². The van der Waals surface area contributed by atoms with Crippen molar-refractivity contribution in [3.63, 3.8) is 0 Å². The quantitative estimate of drug-likeness (QED) is 0.711. The first-order valence-corrected chi connectivity index (χ1v) is 8.21. The summed E-state index contributed by atoms with van der Waals surface area (Å²) in [6.07, 6.45) is 1.90. The highest BCUT2D eigenvalue weighted by atomic mass is 16.6. The maximum Gasteiger partial charge on any atom is 0.234 e. The number of aliphatic hydroxyl groups is 1. The molecule has 2 N–H and O–H groups in total. The molecule has 0 aromatic heterocycles. The second-order valence-electron chi connectivity index (χ2n) is 5.65. The Kier molecular flexibility index (Phi) is 7.16. The highest BCUT2D eigenvalue weighted by molar-refractivity contribution is 5.78. The molecular formula is C17H26N2O4. The second-order valence-corrected chi connectivity index (χ2v) is 5.65. The first-order valence-electron chi connectivity index (χ1n) is 8.21. The number of aliphatic hydroxyl groups excluding tert-OH is 1.